The number of hydrogen-bond acceptors (Lipinski definition) is 3. The highest BCUT2D eigenvalue weighted by atomic mass is 16.5. The van der Waals surface area contributed by atoms with E-state index >= 15 is 0 Å². The first-order valence-electron chi connectivity index (χ1n) is 2.91. The quantitative estimate of drug-likeness (QED) is 0.443. The van der Waals surface area contributed by atoms with Gasteiger partial charge < -0.3 is 9.15 Å². The lowest BCUT2D eigenvalue weighted by molar-refractivity contribution is 0.0565. The molecule has 0 unspecified atom stereocenters. The molecule has 0 aliphatic rings. The summed E-state index contributed by atoms with van der Waals surface area (Å²) in [6, 6.07) is 1.45. The number of esters is 1. The molecule has 3 nitrogen and oxygen atoms in total. The van der Waals surface area contributed by atoms with Crippen molar-refractivity contribution in [2.24, 2.45) is 0 Å². The third-order valence-electron chi connectivity index (χ3n) is 1.15. The van der Waals surface area contributed by atoms with Gasteiger partial charge in [0.15, 0.2) is 0 Å². The normalized spacial score (nSPS) is 8.73. The van der Waals surface area contributed by atoms with Crippen molar-refractivity contribution in [2.75, 3.05) is 7.11 Å². The fourth-order valence-corrected chi connectivity index (χ4v) is 0.620. The molecule has 3 heteroatoms. The first kappa shape index (κ1) is 7.42. The fourth-order valence-electron chi connectivity index (χ4n) is 0.620. The van der Waals surface area contributed by atoms with Gasteiger partial charge in [-0.15, -0.1) is 6.42 Å². The Morgan fingerprint density at radius 2 is 2.55 bits per heavy atom. The second-order valence-electron chi connectivity index (χ2n) is 1.84. The summed E-state index contributed by atoms with van der Waals surface area (Å²) in [5.74, 6) is 1.93. The lowest BCUT2D eigenvalue weighted by Gasteiger charge is -1.89. The van der Waals surface area contributed by atoms with Crippen LogP contribution in [0.3, 0.4) is 0 Å². The number of methoxy groups -OCH3 is 1. The van der Waals surface area contributed by atoms with Gasteiger partial charge in [0.25, 0.3) is 0 Å². The summed E-state index contributed by atoms with van der Waals surface area (Å²) in [6.07, 6.45) is 6.37. The van der Waals surface area contributed by atoms with Crippen LogP contribution in [0.4, 0.5) is 0 Å². The molecule has 0 aromatic carbocycles. The summed E-state index contributed by atoms with van der Waals surface area (Å²) >= 11 is 0. The van der Waals surface area contributed by atoms with Crippen molar-refractivity contribution in [3.05, 3.63) is 23.7 Å². The maximum atomic E-state index is 10.8. The molecule has 1 aromatic heterocycles. The van der Waals surface area contributed by atoms with E-state index in [0.29, 0.717) is 5.56 Å². The zero-order chi connectivity index (χ0) is 8.27. The second kappa shape index (κ2) is 2.93. The minimum Gasteiger partial charge on any atom is -0.463 e. The van der Waals surface area contributed by atoms with Gasteiger partial charge in [0.2, 0.25) is 5.76 Å². The van der Waals surface area contributed by atoms with Crippen molar-refractivity contribution >= 4 is 5.97 Å². The number of ether oxygens (including phenoxy) is 1. The number of rotatable bonds is 1. The molecule has 0 spiro atoms. The number of carbonyl (C=O) groups is 1. The van der Waals surface area contributed by atoms with Crippen LogP contribution >= 0.6 is 0 Å². The maximum Gasteiger partial charge on any atom is 0.373 e. The molecule has 0 aliphatic heterocycles. The van der Waals surface area contributed by atoms with Crippen molar-refractivity contribution < 1.29 is 13.9 Å². The van der Waals surface area contributed by atoms with E-state index < -0.39 is 5.97 Å². The Bertz CT molecular complexity index is 303. The zero-order valence-electron chi connectivity index (χ0n) is 5.96. The highest BCUT2D eigenvalue weighted by Crippen LogP contribution is 2.06. The molecule has 11 heavy (non-hydrogen) atoms. The van der Waals surface area contributed by atoms with Gasteiger partial charge in [-0.2, -0.15) is 0 Å². The van der Waals surface area contributed by atoms with Gasteiger partial charge in [-0.3, -0.25) is 0 Å². The Kier molecular flexibility index (Phi) is 1.98. The molecular formula is C8H6O3. The molecule has 0 radical (unpaired) electrons. The predicted octanol–water partition coefficient (Wildman–Crippen LogP) is 1.05. The smallest absolute Gasteiger partial charge is 0.373 e. The molecular weight excluding hydrogens is 144 g/mol. The summed E-state index contributed by atoms with van der Waals surface area (Å²) in [5.41, 5.74) is 0.533. The molecule has 1 aromatic rings. The molecule has 0 N–H and O–H groups in total. The van der Waals surface area contributed by atoms with Crippen LogP contribution < -0.4 is 0 Å². The topological polar surface area (TPSA) is 39.4 Å². The van der Waals surface area contributed by atoms with Crippen LogP contribution in [-0.2, 0) is 4.74 Å². The van der Waals surface area contributed by atoms with E-state index in [9.17, 15) is 4.79 Å². The summed E-state index contributed by atoms with van der Waals surface area (Å²) < 4.78 is 9.18. The Morgan fingerprint density at radius 3 is 3.00 bits per heavy atom. The minimum absolute atomic E-state index is 0.125. The average Bonchev–Trinajstić information content (AvgIpc) is 2.50. The lowest BCUT2D eigenvalue weighted by Crippen LogP contribution is -1.98. The largest absolute Gasteiger partial charge is 0.463 e. The van der Waals surface area contributed by atoms with Crippen molar-refractivity contribution in [3.63, 3.8) is 0 Å². The Morgan fingerprint density at radius 1 is 1.82 bits per heavy atom. The van der Waals surface area contributed by atoms with Gasteiger partial charge in [0.05, 0.1) is 12.7 Å². The zero-order valence-corrected chi connectivity index (χ0v) is 5.96. The predicted molar refractivity (Wildman–Crippen MR) is 38.0 cm³/mol. The van der Waals surface area contributed by atoms with Gasteiger partial charge in [0.1, 0.15) is 6.26 Å². The highest BCUT2D eigenvalue weighted by Gasteiger charge is 2.09. The van der Waals surface area contributed by atoms with Crippen LogP contribution in [0.2, 0.25) is 0 Å². The van der Waals surface area contributed by atoms with Gasteiger partial charge in [0, 0.05) is 6.07 Å². The Labute approximate surface area is 64.0 Å². The van der Waals surface area contributed by atoms with E-state index in [-0.39, 0.29) is 5.76 Å². The summed E-state index contributed by atoms with van der Waals surface area (Å²) in [5, 5.41) is 0. The van der Waals surface area contributed by atoms with Crippen molar-refractivity contribution in [1.82, 2.24) is 0 Å². The average molecular weight is 150 g/mol. The second-order valence-corrected chi connectivity index (χ2v) is 1.84. The molecule has 1 heterocycles. The number of furan rings is 1. The van der Waals surface area contributed by atoms with Crippen LogP contribution in [-0.4, -0.2) is 13.1 Å². The van der Waals surface area contributed by atoms with Crippen LogP contribution in [0.15, 0.2) is 16.7 Å². The molecule has 0 saturated carbocycles. The number of terminal acetylenes is 1. The summed E-state index contributed by atoms with van der Waals surface area (Å²) in [6.45, 7) is 0. The molecule has 0 amide bonds. The maximum absolute atomic E-state index is 10.8. The van der Waals surface area contributed by atoms with Gasteiger partial charge in [-0.1, -0.05) is 5.92 Å². The number of hydrogen-bond donors (Lipinski definition) is 0. The van der Waals surface area contributed by atoms with Crippen molar-refractivity contribution in [2.45, 2.75) is 0 Å². The Hall–Kier alpha value is -1.69. The van der Waals surface area contributed by atoms with E-state index in [4.69, 9.17) is 10.8 Å². The highest BCUT2D eigenvalue weighted by molar-refractivity contribution is 5.86. The molecule has 1 rings (SSSR count). The van der Waals surface area contributed by atoms with E-state index in [1.807, 2.05) is 0 Å². The van der Waals surface area contributed by atoms with Gasteiger partial charge in [-0.25, -0.2) is 4.79 Å². The fraction of sp³-hybridized carbons (Fsp3) is 0.125. The molecule has 0 atom stereocenters. The van der Waals surface area contributed by atoms with Crippen LogP contribution in [0, 0.1) is 12.3 Å². The third kappa shape index (κ3) is 1.41. The van der Waals surface area contributed by atoms with Crippen LogP contribution in [0.1, 0.15) is 16.1 Å². The van der Waals surface area contributed by atoms with Gasteiger partial charge >= 0.3 is 5.97 Å². The molecule has 0 aliphatic carbocycles. The molecule has 0 saturated heterocycles. The summed E-state index contributed by atoms with van der Waals surface area (Å²) in [7, 11) is 1.28. The lowest BCUT2D eigenvalue weighted by atomic mass is 10.3. The minimum atomic E-state index is -0.522. The van der Waals surface area contributed by atoms with E-state index in [2.05, 4.69) is 10.7 Å². The first-order chi connectivity index (χ1) is 5.27. The van der Waals surface area contributed by atoms with Crippen molar-refractivity contribution in [1.29, 1.82) is 0 Å². The SMILES string of the molecule is C#Cc1coc(C(=O)OC)c1. The summed E-state index contributed by atoms with van der Waals surface area (Å²) in [4.78, 5) is 10.8. The van der Waals surface area contributed by atoms with E-state index in [0.717, 1.165) is 0 Å². The standard InChI is InChI=1S/C8H6O3/c1-3-6-4-7(11-5-6)8(9)10-2/h1,4-5H,2H3. The van der Waals surface area contributed by atoms with Gasteiger partial charge in [-0.05, 0) is 0 Å². The van der Waals surface area contributed by atoms with E-state index in [1.54, 1.807) is 0 Å². The monoisotopic (exact) mass is 150 g/mol. The molecule has 0 fully saturated rings. The van der Waals surface area contributed by atoms with Crippen LogP contribution in [0.5, 0.6) is 0 Å². The first-order valence-corrected chi connectivity index (χ1v) is 2.91. The van der Waals surface area contributed by atoms with Crippen LogP contribution in [0.25, 0.3) is 0 Å². The van der Waals surface area contributed by atoms with E-state index in [1.165, 1.54) is 19.4 Å². The number of carbonyl (C=O) groups excluding carboxylic acids is 1. The Balaban J connectivity index is 2.91. The molecule has 0 bridgehead atoms. The third-order valence-corrected chi connectivity index (χ3v) is 1.15. The molecule has 56 valence electrons. The van der Waals surface area contributed by atoms with Crippen molar-refractivity contribution in [3.8, 4) is 12.3 Å².